The second-order valence-electron chi connectivity index (χ2n) is 7.90. The Kier molecular flexibility index (Phi) is 6.49. The van der Waals surface area contributed by atoms with Crippen molar-refractivity contribution in [1.29, 1.82) is 0 Å². The summed E-state index contributed by atoms with van der Waals surface area (Å²) in [6, 6.07) is 11.3. The first kappa shape index (κ1) is 20.0. The topological polar surface area (TPSA) is 49.9 Å². The molecule has 29 heavy (non-hydrogen) atoms. The van der Waals surface area contributed by atoms with Gasteiger partial charge >= 0.3 is 0 Å². The van der Waals surface area contributed by atoms with E-state index in [-0.39, 0.29) is 11.8 Å². The van der Waals surface area contributed by atoms with Gasteiger partial charge in [0, 0.05) is 31.7 Å². The number of benzene rings is 1. The van der Waals surface area contributed by atoms with Gasteiger partial charge in [-0.15, -0.1) is 11.3 Å². The molecule has 2 aliphatic heterocycles. The highest BCUT2D eigenvalue weighted by Gasteiger charge is 2.24. The van der Waals surface area contributed by atoms with E-state index in [2.05, 4.69) is 0 Å². The maximum Gasteiger partial charge on any atom is 0.263 e. The van der Waals surface area contributed by atoms with Crippen molar-refractivity contribution in [3.63, 3.8) is 0 Å². The Balaban J connectivity index is 1.22. The van der Waals surface area contributed by atoms with E-state index in [0.717, 1.165) is 68.1 Å². The summed E-state index contributed by atoms with van der Waals surface area (Å²) in [4.78, 5) is 29.7. The molecule has 0 aliphatic carbocycles. The van der Waals surface area contributed by atoms with Crippen molar-refractivity contribution in [1.82, 2.24) is 9.80 Å². The zero-order valence-electron chi connectivity index (χ0n) is 16.7. The SMILES string of the molecule is O=C(c1ccc(OCC2CCN(C(=O)c3cccs3)CC2)cc1)N1CCCCC1. The third-order valence-corrected chi connectivity index (χ3v) is 6.72. The van der Waals surface area contributed by atoms with E-state index in [9.17, 15) is 9.59 Å². The smallest absolute Gasteiger partial charge is 0.263 e. The lowest BCUT2D eigenvalue weighted by molar-refractivity contribution is 0.0664. The van der Waals surface area contributed by atoms with Crippen LogP contribution in [0.3, 0.4) is 0 Å². The van der Waals surface area contributed by atoms with Crippen LogP contribution in [0.25, 0.3) is 0 Å². The summed E-state index contributed by atoms with van der Waals surface area (Å²) in [5.41, 5.74) is 0.736. The second kappa shape index (κ2) is 9.44. The summed E-state index contributed by atoms with van der Waals surface area (Å²) in [7, 11) is 0. The second-order valence-corrected chi connectivity index (χ2v) is 8.85. The van der Waals surface area contributed by atoms with Gasteiger partial charge in [-0.2, -0.15) is 0 Å². The molecule has 0 N–H and O–H groups in total. The van der Waals surface area contributed by atoms with Crippen molar-refractivity contribution < 1.29 is 14.3 Å². The van der Waals surface area contributed by atoms with Gasteiger partial charge in [0.2, 0.25) is 0 Å². The molecule has 0 radical (unpaired) electrons. The zero-order chi connectivity index (χ0) is 20.1. The first-order valence-corrected chi connectivity index (χ1v) is 11.4. The number of piperidine rings is 2. The largest absolute Gasteiger partial charge is 0.493 e. The van der Waals surface area contributed by atoms with Crippen LogP contribution in [0.5, 0.6) is 5.75 Å². The van der Waals surface area contributed by atoms with Crippen molar-refractivity contribution >= 4 is 23.2 Å². The average molecular weight is 413 g/mol. The molecule has 0 saturated carbocycles. The third-order valence-electron chi connectivity index (χ3n) is 5.86. The highest BCUT2D eigenvalue weighted by Crippen LogP contribution is 2.23. The Hall–Kier alpha value is -2.34. The molecule has 154 valence electrons. The number of thiophene rings is 1. The van der Waals surface area contributed by atoms with Crippen LogP contribution in [0.4, 0.5) is 0 Å². The van der Waals surface area contributed by atoms with E-state index in [1.54, 1.807) is 0 Å². The summed E-state index contributed by atoms with van der Waals surface area (Å²) >= 11 is 1.50. The van der Waals surface area contributed by atoms with E-state index >= 15 is 0 Å². The van der Waals surface area contributed by atoms with E-state index in [4.69, 9.17) is 4.74 Å². The fourth-order valence-corrected chi connectivity index (χ4v) is 4.74. The molecule has 2 amide bonds. The van der Waals surface area contributed by atoms with Gasteiger partial charge in [-0.05, 0) is 73.7 Å². The summed E-state index contributed by atoms with van der Waals surface area (Å²) in [5, 5.41) is 1.94. The molecule has 1 aromatic heterocycles. The highest BCUT2D eigenvalue weighted by molar-refractivity contribution is 7.12. The maximum absolute atomic E-state index is 12.5. The van der Waals surface area contributed by atoms with Gasteiger partial charge in [0.05, 0.1) is 11.5 Å². The van der Waals surface area contributed by atoms with Crippen molar-refractivity contribution in [3.05, 3.63) is 52.2 Å². The fraction of sp³-hybridized carbons (Fsp3) is 0.478. The van der Waals surface area contributed by atoms with Crippen molar-refractivity contribution in [2.24, 2.45) is 5.92 Å². The summed E-state index contributed by atoms with van der Waals surface area (Å²) in [5.74, 6) is 1.53. The minimum atomic E-state index is 0.124. The fourth-order valence-electron chi connectivity index (χ4n) is 4.05. The standard InChI is InChI=1S/C23H28N2O3S/c26-22(24-12-2-1-3-13-24)19-6-8-20(9-7-19)28-17-18-10-14-25(15-11-18)23(27)21-5-4-16-29-21/h4-9,16,18H,1-3,10-15,17H2. The average Bonchev–Trinajstić information content (AvgIpc) is 3.33. The van der Waals surface area contributed by atoms with Crippen LogP contribution in [-0.4, -0.2) is 54.4 Å². The van der Waals surface area contributed by atoms with Gasteiger partial charge in [0.1, 0.15) is 5.75 Å². The molecule has 2 saturated heterocycles. The molecule has 5 nitrogen and oxygen atoms in total. The van der Waals surface area contributed by atoms with Crippen LogP contribution in [0.2, 0.25) is 0 Å². The Bertz CT molecular complexity index is 805. The molecule has 2 aromatic rings. The quantitative estimate of drug-likeness (QED) is 0.735. The Morgan fingerprint density at radius 3 is 2.24 bits per heavy atom. The molecule has 6 heteroatoms. The molecule has 2 aliphatic rings. The van der Waals surface area contributed by atoms with Gasteiger partial charge < -0.3 is 14.5 Å². The summed E-state index contributed by atoms with van der Waals surface area (Å²) in [6.07, 6.45) is 5.35. The molecule has 0 spiro atoms. The number of ether oxygens (including phenoxy) is 1. The Labute approximate surface area is 176 Å². The van der Waals surface area contributed by atoms with Gasteiger partial charge in [-0.3, -0.25) is 9.59 Å². The Morgan fingerprint density at radius 1 is 0.897 bits per heavy atom. The molecule has 2 fully saturated rings. The van der Waals surface area contributed by atoms with Gasteiger partial charge in [-0.1, -0.05) is 6.07 Å². The number of hydrogen-bond acceptors (Lipinski definition) is 4. The number of nitrogens with zero attached hydrogens (tertiary/aromatic N) is 2. The third kappa shape index (κ3) is 4.99. The maximum atomic E-state index is 12.5. The molecule has 0 bridgehead atoms. The first-order chi connectivity index (χ1) is 14.2. The van der Waals surface area contributed by atoms with Crippen molar-refractivity contribution in [3.8, 4) is 5.75 Å². The molecule has 0 atom stereocenters. The minimum Gasteiger partial charge on any atom is -0.493 e. The number of carbonyl (C=O) groups is 2. The van der Waals surface area contributed by atoms with Crippen LogP contribution in [0.1, 0.15) is 52.1 Å². The van der Waals surface area contributed by atoms with Gasteiger partial charge in [0.25, 0.3) is 11.8 Å². The summed E-state index contributed by atoms with van der Waals surface area (Å²) < 4.78 is 5.97. The number of rotatable bonds is 5. The number of amides is 2. The monoisotopic (exact) mass is 412 g/mol. The lowest BCUT2D eigenvalue weighted by Crippen LogP contribution is -2.39. The molecule has 4 rings (SSSR count). The van der Waals surface area contributed by atoms with Crippen LogP contribution in [0.15, 0.2) is 41.8 Å². The predicted molar refractivity (Wildman–Crippen MR) is 115 cm³/mol. The molecule has 3 heterocycles. The van der Waals surface area contributed by atoms with Crippen LogP contribution in [0, 0.1) is 5.92 Å². The van der Waals surface area contributed by atoms with Crippen molar-refractivity contribution in [2.75, 3.05) is 32.8 Å². The lowest BCUT2D eigenvalue weighted by atomic mass is 9.97. The Morgan fingerprint density at radius 2 is 1.59 bits per heavy atom. The molecule has 0 unspecified atom stereocenters. The van der Waals surface area contributed by atoms with Gasteiger partial charge in [0.15, 0.2) is 0 Å². The lowest BCUT2D eigenvalue weighted by Gasteiger charge is -2.31. The van der Waals surface area contributed by atoms with E-state index in [0.29, 0.717) is 12.5 Å². The van der Waals surface area contributed by atoms with E-state index in [1.807, 2.05) is 51.6 Å². The van der Waals surface area contributed by atoms with Crippen molar-refractivity contribution in [2.45, 2.75) is 32.1 Å². The number of carbonyl (C=O) groups excluding carboxylic acids is 2. The highest BCUT2D eigenvalue weighted by atomic mass is 32.1. The molecule has 1 aromatic carbocycles. The predicted octanol–water partition coefficient (Wildman–Crippen LogP) is 4.31. The van der Waals surface area contributed by atoms with Crippen LogP contribution in [-0.2, 0) is 0 Å². The van der Waals surface area contributed by atoms with E-state index < -0.39 is 0 Å². The van der Waals surface area contributed by atoms with Gasteiger partial charge in [-0.25, -0.2) is 0 Å². The molecular weight excluding hydrogens is 384 g/mol. The summed E-state index contributed by atoms with van der Waals surface area (Å²) in [6.45, 7) is 3.96. The number of likely N-dealkylation sites (tertiary alicyclic amines) is 2. The number of hydrogen-bond donors (Lipinski definition) is 0. The minimum absolute atomic E-state index is 0.124. The zero-order valence-corrected chi connectivity index (χ0v) is 17.5. The van der Waals surface area contributed by atoms with Crippen LogP contribution >= 0.6 is 11.3 Å². The first-order valence-electron chi connectivity index (χ1n) is 10.6. The normalized spacial score (nSPS) is 17.9. The van der Waals surface area contributed by atoms with E-state index in [1.165, 1.54) is 17.8 Å². The molecular formula is C23H28N2O3S. The van der Waals surface area contributed by atoms with Crippen LogP contribution < -0.4 is 4.74 Å².